The third kappa shape index (κ3) is 4.79. The van der Waals surface area contributed by atoms with Crippen LogP contribution in [0.15, 0.2) is 24.3 Å². The molecular formula is C14H20N2O3S. The molecule has 0 amide bonds. The van der Waals surface area contributed by atoms with E-state index in [2.05, 4.69) is 0 Å². The van der Waals surface area contributed by atoms with Gasteiger partial charge in [-0.1, -0.05) is 31.3 Å². The highest BCUT2D eigenvalue weighted by molar-refractivity contribution is 7.80. The first-order valence-corrected chi connectivity index (χ1v) is 6.90. The zero-order valence-electron chi connectivity index (χ0n) is 11.5. The Morgan fingerprint density at radius 1 is 1.35 bits per heavy atom. The van der Waals surface area contributed by atoms with E-state index in [0.717, 1.165) is 12.0 Å². The van der Waals surface area contributed by atoms with Gasteiger partial charge < -0.3 is 15.9 Å². The van der Waals surface area contributed by atoms with Gasteiger partial charge in [0.2, 0.25) is 0 Å². The van der Waals surface area contributed by atoms with Crippen LogP contribution in [0.2, 0.25) is 0 Å². The van der Waals surface area contributed by atoms with E-state index >= 15 is 0 Å². The Labute approximate surface area is 124 Å². The average molecular weight is 296 g/mol. The molecule has 4 N–H and O–H groups in total. The highest BCUT2D eigenvalue weighted by Gasteiger charge is 2.23. The van der Waals surface area contributed by atoms with Gasteiger partial charge in [-0.15, -0.1) is 0 Å². The number of carbonyl (C=O) groups is 1. The molecule has 0 aliphatic heterocycles. The molecule has 0 saturated heterocycles. The van der Waals surface area contributed by atoms with Crippen LogP contribution in [0, 0.1) is 0 Å². The number of hydrogen-bond donors (Lipinski definition) is 3. The van der Waals surface area contributed by atoms with Gasteiger partial charge in [0.1, 0.15) is 5.75 Å². The fourth-order valence-corrected chi connectivity index (χ4v) is 2.39. The minimum atomic E-state index is -0.849. The maximum absolute atomic E-state index is 10.8. The van der Waals surface area contributed by atoms with Gasteiger partial charge in [-0.3, -0.25) is 9.69 Å². The lowest BCUT2D eigenvalue weighted by atomic mass is 10.0. The van der Waals surface area contributed by atoms with E-state index in [-0.39, 0.29) is 18.2 Å². The molecule has 0 aliphatic carbocycles. The first-order chi connectivity index (χ1) is 9.45. The number of aromatic hydroxyl groups is 1. The smallest absolute Gasteiger partial charge is 0.304 e. The largest absolute Gasteiger partial charge is 0.508 e. The van der Waals surface area contributed by atoms with Crippen molar-refractivity contribution in [2.45, 2.75) is 25.8 Å². The lowest BCUT2D eigenvalue weighted by molar-refractivity contribution is -0.137. The molecule has 1 aromatic carbocycles. The van der Waals surface area contributed by atoms with E-state index in [1.165, 1.54) is 0 Å². The van der Waals surface area contributed by atoms with E-state index in [4.69, 9.17) is 23.1 Å². The summed E-state index contributed by atoms with van der Waals surface area (Å²) in [5, 5.41) is 18.2. The highest BCUT2D eigenvalue weighted by atomic mass is 32.1. The Balaban J connectivity index is 2.97. The minimum Gasteiger partial charge on any atom is -0.508 e. The van der Waals surface area contributed by atoms with E-state index in [9.17, 15) is 9.90 Å². The maximum Gasteiger partial charge on any atom is 0.304 e. The van der Waals surface area contributed by atoms with Crippen LogP contribution in [0.5, 0.6) is 5.75 Å². The second-order valence-electron chi connectivity index (χ2n) is 4.58. The normalized spacial score (nSPS) is 12.3. The minimum absolute atomic E-state index is 0.0389. The van der Waals surface area contributed by atoms with Crippen LogP contribution in [-0.2, 0) is 4.79 Å². The number of carboxylic acids is 1. The van der Waals surface area contributed by atoms with Crippen molar-refractivity contribution in [2.24, 2.45) is 5.73 Å². The van der Waals surface area contributed by atoms with Gasteiger partial charge in [0.15, 0.2) is 0 Å². The van der Waals surface area contributed by atoms with Gasteiger partial charge in [-0.05, 0) is 30.7 Å². The Bertz CT molecular complexity index is 462. The third-order valence-electron chi connectivity index (χ3n) is 2.97. The molecule has 1 unspecified atom stereocenters. The molecule has 5 nitrogen and oxygen atoms in total. The predicted molar refractivity (Wildman–Crippen MR) is 81.8 cm³/mol. The van der Waals surface area contributed by atoms with Crippen molar-refractivity contribution in [1.29, 1.82) is 0 Å². The molecule has 0 saturated carbocycles. The van der Waals surface area contributed by atoms with Crippen LogP contribution in [0.4, 0.5) is 0 Å². The summed E-state index contributed by atoms with van der Waals surface area (Å²) in [6, 6.07) is 6.33. The predicted octanol–water partition coefficient (Wildman–Crippen LogP) is 1.91. The molecule has 6 heteroatoms. The Morgan fingerprint density at radius 2 is 1.95 bits per heavy atom. The topological polar surface area (TPSA) is 86.8 Å². The fraction of sp³-hybridized carbons (Fsp3) is 0.429. The summed E-state index contributed by atoms with van der Waals surface area (Å²) in [5.41, 5.74) is 6.68. The standard InChI is InChI=1S/C14H20N2O3S/c1-2-8-16(9-7-12(18)19)13(14(15)20)10-3-5-11(17)6-4-10/h3-6,13,17H,2,7-9H2,1H3,(H2,15,20)(H,18,19). The molecule has 0 fully saturated rings. The second-order valence-corrected chi connectivity index (χ2v) is 5.05. The molecule has 0 spiro atoms. The number of rotatable bonds is 8. The molecule has 0 aromatic heterocycles. The van der Waals surface area contributed by atoms with Gasteiger partial charge in [0, 0.05) is 6.54 Å². The number of hydrogen-bond acceptors (Lipinski definition) is 4. The van der Waals surface area contributed by atoms with Crippen molar-refractivity contribution >= 4 is 23.2 Å². The molecular weight excluding hydrogens is 276 g/mol. The van der Waals surface area contributed by atoms with Crippen molar-refractivity contribution in [3.8, 4) is 5.75 Å². The zero-order valence-corrected chi connectivity index (χ0v) is 12.3. The quantitative estimate of drug-likeness (QED) is 0.635. The van der Waals surface area contributed by atoms with Crippen molar-refractivity contribution in [2.75, 3.05) is 13.1 Å². The highest BCUT2D eigenvalue weighted by Crippen LogP contribution is 2.23. The van der Waals surface area contributed by atoms with Gasteiger partial charge in [-0.25, -0.2) is 0 Å². The van der Waals surface area contributed by atoms with E-state index in [1.807, 2.05) is 11.8 Å². The summed E-state index contributed by atoms with van der Waals surface area (Å²) < 4.78 is 0. The van der Waals surface area contributed by atoms with Crippen LogP contribution >= 0.6 is 12.2 Å². The van der Waals surface area contributed by atoms with Crippen LogP contribution < -0.4 is 5.73 Å². The number of carboxylic acid groups (broad SMARTS) is 1. The second kappa shape index (κ2) is 7.81. The van der Waals surface area contributed by atoms with Gasteiger partial charge in [-0.2, -0.15) is 0 Å². The SMILES string of the molecule is CCCN(CCC(=O)O)C(C(N)=S)c1ccc(O)cc1. The molecule has 1 aromatic rings. The molecule has 0 heterocycles. The first kappa shape index (κ1) is 16.4. The van der Waals surface area contributed by atoms with Crippen LogP contribution in [0.3, 0.4) is 0 Å². The third-order valence-corrected chi connectivity index (χ3v) is 3.19. The van der Waals surface area contributed by atoms with E-state index in [1.54, 1.807) is 24.3 Å². The number of phenols is 1. The number of nitrogens with zero attached hydrogens (tertiary/aromatic N) is 1. The first-order valence-electron chi connectivity index (χ1n) is 6.49. The van der Waals surface area contributed by atoms with E-state index < -0.39 is 5.97 Å². The lowest BCUT2D eigenvalue weighted by Gasteiger charge is -2.30. The summed E-state index contributed by atoms with van der Waals surface area (Å²) in [5.74, 6) is -0.679. The molecule has 110 valence electrons. The Kier molecular flexibility index (Phi) is 6.41. The average Bonchev–Trinajstić information content (AvgIpc) is 2.38. The van der Waals surface area contributed by atoms with Crippen LogP contribution in [0.25, 0.3) is 0 Å². The zero-order chi connectivity index (χ0) is 15.1. The molecule has 0 radical (unpaired) electrons. The van der Waals surface area contributed by atoms with E-state index in [0.29, 0.717) is 18.1 Å². The summed E-state index contributed by atoms with van der Waals surface area (Å²) in [6.45, 7) is 3.10. The van der Waals surface area contributed by atoms with Crippen molar-refractivity contribution in [3.63, 3.8) is 0 Å². The summed E-state index contributed by atoms with van der Waals surface area (Å²) >= 11 is 5.13. The number of nitrogens with two attached hydrogens (primary N) is 1. The number of aliphatic carboxylic acids is 1. The van der Waals surface area contributed by atoms with Gasteiger partial charge >= 0.3 is 5.97 Å². The number of thiocarbonyl (C=S) groups is 1. The van der Waals surface area contributed by atoms with Gasteiger partial charge in [0.05, 0.1) is 17.5 Å². The summed E-state index contributed by atoms with van der Waals surface area (Å²) in [4.78, 5) is 13.0. The molecule has 0 aliphatic rings. The summed E-state index contributed by atoms with van der Waals surface area (Å²) in [6.07, 6.45) is 0.911. The number of phenolic OH excluding ortho intramolecular Hbond substituents is 1. The molecule has 1 atom stereocenters. The number of benzene rings is 1. The van der Waals surface area contributed by atoms with Crippen LogP contribution in [0.1, 0.15) is 31.4 Å². The van der Waals surface area contributed by atoms with Crippen molar-refractivity contribution in [1.82, 2.24) is 4.90 Å². The Hall–Kier alpha value is -1.66. The maximum atomic E-state index is 10.8. The summed E-state index contributed by atoms with van der Waals surface area (Å²) in [7, 11) is 0. The molecule has 0 bridgehead atoms. The van der Waals surface area contributed by atoms with Crippen molar-refractivity contribution < 1.29 is 15.0 Å². The molecule has 20 heavy (non-hydrogen) atoms. The monoisotopic (exact) mass is 296 g/mol. The fourth-order valence-electron chi connectivity index (χ4n) is 2.11. The van der Waals surface area contributed by atoms with Crippen LogP contribution in [-0.4, -0.2) is 39.2 Å². The van der Waals surface area contributed by atoms with Crippen molar-refractivity contribution in [3.05, 3.63) is 29.8 Å². The Morgan fingerprint density at radius 3 is 2.40 bits per heavy atom. The lowest BCUT2D eigenvalue weighted by Crippen LogP contribution is -2.38. The molecule has 1 rings (SSSR count). The van der Waals surface area contributed by atoms with Gasteiger partial charge in [0.25, 0.3) is 0 Å².